The van der Waals surface area contributed by atoms with Gasteiger partial charge in [0.1, 0.15) is 5.82 Å². The Morgan fingerprint density at radius 3 is 2.75 bits per heavy atom. The van der Waals surface area contributed by atoms with Crippen LogP contribution in [-0.2, 0) is 7.05 Å². The zero-order valence-corrected chi connectivity index (χ0v) is 9.31. The summed E-state index contributed by atoms with van der Waals surface area (Å²) < 4.78 is 14.9. The molecule has 1 atom stereocenters. The number of nitrogens with zero attached hydrogens (tertiary/aromatic N) is 2. The summed E-state index contributed by atoms with van der Waals surface area (Å²) in [6, 6.07) is 4.46. The summed E-state index contributed by atoms with van der Waals surface area (Å²) in [5.41, 5.74) is 8.52. The van der Waals surface area contributed by atoms with E-state index in [-0.39, 0.29) is 11.9 Å². The Morgan fingerprint density at radius 1 is 1.44 bits per heavy atom. The summed E-state index contributed by atoms with van der Waals surface area (Å²) in [7, 11) is 1.85. The minimum absolute atomic E-state index is 0.203. The summed E-state index contributed by atoms with van der Waals surface area (Å²) in [6.45, 7) is 1.84. The topological polar surface area (TPSA) is 43.8 Å². The first-order valence-corrected chi connectivity index (χ1v) is 5.12. The maximum atomic E-state index is 13.2. The van der Waals surface area contributed by atoms with Gasteiger partial charge in [0, 0.05) is 24.8 Å². The molecule has 0 fully saturated rings. The van der Waals surface area contributed by atoms with Gasteiger partial charge in [-0.05, 0) is 30.2 Å². The summed E-state index contributed by atoms with van der Waals surface area (Å²) in [4.78, 5) is 0. The van der Waals surface area contributed by atoms with Crippen LogP contribution in [0.3, 0.4) is 0 Å². The molecule has 0 bridgehead atoms. The average molecular weight is 219 g/mol. The van der Waals surface area contributed by atoms with Gasteiger partial charge in [0.25, 0.3) is 0 Å². The fourth-order valence-electron chi connectivity index (χ4n) is 1.73. The second-order valence-corrected chi connectivity index (χ2v) is 3.92. The number of aryl methyl sites for hydroxylation is 1. The van der Waals surface area contributed by atoms with E-state index in [1.54, 1.807) is 16.9 Å². The van der Waals surface area contributed by atoms with E-state index in [2.05, 4.69) is 5.10 Å². The predicted octanol–water partition coefficient (Wildman–Crippen LogP) is 2.25. The van der Waals surface area contributed by atoms with Crippen LogP contribution in [0.1, 0.15) is 18.5 Å². The number of hydrogen-bond donors (Lipinski definition) is 1. The Hall–Kier alpha value is -1.68. The summed E-state index contributed by atoms with van der Waals surface area (Å²) in [5.74, 6) is -0.264. The van der Waals surface area contributed by atoms with Crippen LogP contribution in [0.5, 0.6) is 0 Å². The lowest BCUT2D eigenvalue weighted by Gasteiger charge is -2.11. The molecular weight excluding hydrogens is 205 g/mol. The van der Waals surface area contributed by atoms with Crippen LogP contribution < -0.4 is 5.73 Å². The molecule has 0 spiro atoms. The highest BCUT2D eigenvalue weighted by atomic mass is 19.1. The van der Waals surface area contributed by atoms with Gasteiger partial charge in [-0.2, -0.15) is 5.10 Å². The Bertz CT molecular complexity index is 503. The highest BCUT2D eigenvalue weighted by Crippen LogP contribution is 2.27. The van der Waals surface area contributed by atoms with Gasteiger partial charge in [0.05, 0.1) is 6.20 Å². The molecule has 3 nitrogen and oxygen atoms in total. The van der Waals surface area contributed by atoms with Crippen LogP contribution in [0.25, 0.3) is 11.1 Å². The third kappa shape index (κ3) is 1.97. The highest BCUT2D eigenvalue weighted by Gasteiger charge is 2.11. The van der Waals surface area contributed by atoms with Gasteiger partial charge in [0.2, 0.25) is 0 Å². The molecule has 2 N–H and O–H groups in total. The SMILES string of the molecule is CC(N)c1cc(F)ccc1-c1cnn(C)c1. The molecule has 16 heavy (non-hydrogen) atoms. The quantitative estimate of drug-likeness (QED) is 0.841. The molecule has 0 amide bonds. The maximum Gasteiger partial charge on any atom is 0.123 e. The van der Waals surface area contributed by atoms with Crippen LogP contribution in [0, 0.1) is 5.82 Å². The second kappa shape index (κ2) is 4.06. The summed E-state index contributed by atoms with van der Waals surface area (Å²) in [6.07, 6.45) is 3.64. The molecule has 2 rings (SSSR count). The summed E-state index contributed by atoms with van der Waals surface area (Å²) >= 11 is 0. The van der Waals surface area contributed by atoms with E-state index in [1.165, 1.54) is 12.1 Å². The number of rotatable bonds is 2. The number of halogens is 1. The first-order chi connectivity index (χ1) is 7.58. The van der Waals surface area contributed by atoms with Crippen molar-refractivity contribution in [2.75, 3.05) is 0 Å². The normalized spacial score (nSPS) is 12.8. The maximum absolute atomic E-state index is 13.2. The van der Waals surface area contributed by atoms with Gasteiger partial charge >= 0.3 is 0 Å². The second-order valence-electron chi connectivity index (χ2n) is 3.92. The third-order valence-electron chi connectivity index (χ3n) is 2.52. The van der Waals surface area contributed by atoms with E-state index in [9.17, 15) is 4.39 Å². The highest BCUT2D eigenvalue weighted by molar-refractivity contribution is 5.66. The van der Waals surface area contributed by atoms with Gasteiger partial charge < -0.3 is 5.73 Å². The zero-order valence-electron chi connectivity index (χ0n) is 9.31. The number of nitrogens with two attached hydrogens (primary N) is 1. The van der Waals surface area contributed by atoms with Crippen molar-refractivity contribution in [1.82, 2.24) is 9.78 Å². The van der Waals surface area contributed by atoms with Gasteiger partial charge in [-0.1, -0.05) is 6.07 Å². The van der Waals surface area contributed by atoms with Crippen LogP contribution in [0.4, 0.5) is 4.39 Å². The average Bonchev–Trinajstić information content (AvgIpc) is 2.64. The fourth-order valence-corrected chi connectivity index (χ4v) is 1.73. The molecule has 0 saturated heterocycles. The molecule has 1 heterocycles. The molecule has 2 aromatic rings. The van der Waals surface area contributed by atoms with Crippen molar-refractivity contribution in [3.63, 3.8) is 0 Å². The van der Waals surface area contributed by atoms with Crippen LogP contribution in [-0.4, -0.2) is 9.78 Å². The molecule has 1 aromatic carbocycles. The minimum atomic E-state index is -0.264. The van der Waals surface area contributed by atoms with E-state index < -0.39 is 0 Å². The van der Waals surface area contributed by atoms with Gasteiger partial charge in [-0.3, -0.25) is 4.68 Å². The lowest BCUT2D eigenvalue weighted by Crippen LogP contribution is -2.07. The lowest BCUT2D eigenvalue weighted by atomic mass is 9.98. The molecule has 4 heteroatoms. The Kier molecular flexibility index (Phi) is 2.75. The van der Waals surface area contributed by atoms with E-state index in [0.717, 1.165) is 16.7 Å². The largest absolute Gasteiger partial charge is 0.324 e. The molecule has 84 valence electrons. The summed E-state index contributed by atoms with van der Waals surface area (Å²) in [5, 5.41) is 4.10. The standard InChI is InChI=1S/C12H14FN3/c1-8(14)12-5-10(13)3-4-11(12)9-6-15-16(2)7-9/h3-8H,14H2,1-2H3. The monoisotopic (exact) mass is 219 g/mol. The predicted molar refractivity (Wildman–Crippen MR) is 61.2 cm³/mol. The van der Waals surface area contributed by atoms with Gasteiger partial charge in [0.15, 0.2) is 0 Å². The first kappa shape index (κ1) is 10.8. The van der Waals surface area contributed by atoms with Crippen molar-refractivity contribution in [2.24, 2.45) is 12.8 Å². The third-order valence-corrected chi connectivity index (χ3v) is 2.52. The van der Waals surface area contributed by atoms with E-state index in [0.29, 0.717) is 0 Å². The van der Waals surface area contributed by atoms with Gasteiger partial charge in [-0.25, -0.2) is 4.39 Å². The minimum Gasteiger partial charge on any atom is -0.324 e. The molecule has 0 saturated carbocycles. The molecule has 0 radical (unpaired) electrons. The van der Waals surface area contributed by atoms with E-state index in [4.69, 9.17) is 5.73 Å². The van der Waals surface area contributed by atoms with Crippen LogP contribution >= 0.6 is 0 Å². The van der Waals surface area contributed by atoms with Crippen molar-refractivity contribution in [1.29, 1.82) is 0 Å². The zero-order chi connectivity index (χ0) is 11.7. The van der Waals surface area contributed by atoms with Gasteiger partial charge in [-0.15, -0.1) is 0 Å². The van der Waals surface area contributed by atoms with E-state index in [1.807, 2.05) is 20.2 Å². The molecule has 1 unspecified atom stereocenters. The molecule has 0 aliphatic carbocycles. The number of hydrogen-bond acceptors (Lipinski definition) is 2. The van der Waals surface area contributed by atoms with Crippen LogP contribution in [0.2, 0.25) is 0 Å². The fraction of sp³-hybridized carbons (Fsp3) is 0.250. The van der Waals surface area contributed by atoms with E-state index >= 15 is 0 Å². The van der Waals surface area contributed by atoms with Crippen LogP contribution in [0.15, 0.2) is 30.6 Å². The van der Waals surface area contributed by atoms with Crippen molar-refractivity contribution in [3.8, 4) is 11.1 Å². The molecular formula is C12H14FN3. The lowest BCUT2D eigenvalue weighted by molar-refractivity contribution is 0.622. The number of benzene rings is 1. The number of aromatic nitrogens is 2. The van der Waals surface area contributed by atoms with Crippen molar-refractivity contribution in [3.05, 3.63) is 42.0 Å². The first-order valence-electron chi connectivity index (χ1n) is 5.12. The Morgan fingerprint density at radius 2 is 2.19 bits per heavy atom. The molecule has 1 aromatic heterocycles. The Labute approximate surface area is 93.7 Å². The molecule has 0 aliphatic heterocycles. The molecule has 0 aliphatic rings. The van der Waals surface area contributed by atoms with Crippen molar-refractivity contribution in [2.45, 2.75) is 13.0 Å². The smallest absolute Gasteiger partial charge is 0.123 e. The Balaban J connectivity index is 2.56. The van der Waals surface area contributed by atoms with Crippen molar-refractivity contribution < 1.29 is 4.39 Å². The van der Waals surface area contributed by atoms with Crippen molar-refractivity contribution >= 4 is 0 Å².